The topological polar surface area (TPSA) is 35.4 Å². The van der Waals surface area contributed by atoms with Crippen LogP contribution in [0.15, 0.2) is 22.6 Å². The molecule has 0 N–H and O–H groups in total. The van der Waals surface area contributed by atoms with Crippen LogP contribution in [0.4, 0.5) is 0 Å². The molecule has 1 atom stereocenters. The average molecular weight is 249 g/mol. The van der Waals surface area contributed by atoms with Crippen molar-refractivity contribution in [3.8, 4) is 0 Å². The summed E-state index contributed by atoms with van der Waals surface area (Å²) >= 11 is -1.15. The van der Waals surface area contributed by atoms with Gasteiger partial charge in [0.2, 0.25) is 0 Å². The number of aryl methyl sites for hydroxylation is 2. The minimum absolute atomic E-state index is 0.278. The molecule has 1 aromatic carbocycles. The van der Waals surface area contributed by atoms with Crippen molar-refractivity contribution in [3.05, 3.63) is 34.9 Å². The Bertz CT molecular complexity index is 460. The molecule has 0 aliphatic heterocycles. The van der Waals surface area contributed by atoms with Crippen LogP contribution < -0.4 is 0 Å². The third-order valence-corrected chi connectivity index (χ3v) is 4.36. The fraction of sp³-hybridized carbons (Fsp3) is 0.500. The van der Waals surface area contributed by atoms with Gasteiger partial charge in [-0.05, 0) is 52.2 Å². The van der Waals surface area contributed by atoms with Crippen LogP contribution in [0.1, 0.15) is 43.9 Å². The lowest BCUT2D eigenvalue weighted by Gasteiger charge is -2.18. The minimum Gasteiger partial charge on any atom is -0.591 e. The molecule has 0 bridgehead atoms. The van der Waals surface area contributed by atoms with Crippen LogP contribution in [-0.2, 0) is 17.8 Å². The molecule has 0 heterocycles. The first kappa shape index (κ1) is 12.7. The van der Waals surface area contributed by atoms with Gasteiger partial charge >= 0.3 is 0 Å². The maximum Gasteiger partial charge on any atom is 0.144 e. The summed E-state index contributed by atoms with van der Waals surface area (Å²) in [6.07, 6.45) is 1.94. The van der Waals surface area contributed by atoms with Gasteiger partial charge in [-0.25, -0.2) is 0 Å². The first-order valence-electron chi connectivity index (χ1n) is 5.97. The number of hydrogen-bond donors (Lipinski definition) is 0. The van der Waals surface area contributed by atoms with Crippen LogP contribution in [0.25, 0.3) is 0 Å². The zero-order valence-corrected chi connectivity index (χ0v) is 11.7. The average Bonchev–Trinajstić information content (AvgIpc) is 2.60. The fourth-order valence-electron chi connectivity index (χ4n) is 1.90. The van der Waals surface area contributed by atoms with Crippen molar-refractivity contribution in [1.29, 1.82) is 0 Å². The molecule has 0 amide bonds. The summed E-state index contributed by atoms with van der Waals surface area (Å²) in [5.41, 5.74) is 4.78. The highest BCUT2D eigenvalue weighted by Crippen LogP contribution is 2.26. The van der Waals surface area contributed by atoms with Crippen LogP contribution in [0.5, 0.6) is 0 Å². The molecule has 0 radical (unpaired) electrons. The van der Waals surface area contributed by atoms with E-state index in [0.29, 0.717) is 0 Å². The van der Waals surface area contributed by atoms with Crippen LogP contribution in [-0.4, -0.2) is 15.0 Å². The van der Waals surface area contributed by atoms with E-state index >= 15 is 0 Å². The molecule has 1 aliphatic carbocycles. The van der Waals surface area contributed by atoms with E-state index in [1.54, 1.807) is 0 Å². The van der Waals surface area contributed by atoms with Crippen LogP contribution in [0.3, 0.4) is 0 Å². The summed E-state index contributed by atoms with van der Waals surface area (Å²) < 4.78 is 16.2. The fourth-order valence-corrected chi connectivity index (χ4v) is 2.56. The highest BCUT2D eigenvalue weighted by molar-refractivity contribution is 7.91. The van der Waals surface area contributed by atoms with Gasteiger partial charge in [-0.1, -0.05) is 22.1 Å². The molecular weight excluding hydrogens is 230 g/mol. The maximum absolute atomic E-state index is 12.0. The van der Waals surface area contributed by atoms with Crippen LogP contribution in [0.2, 0.25) is 0 Å². The number of fused-ring (bicyclic) bond motifs is 1. The van der Waals surface area contributed by atoms with Crippen LogP contribution in [0, 0.1) is 6.92 Å². The van der Waals surface area contributed by atoms with E-state index in [1.807, 2.05) is 20.8 Å². The molecule has 1 aromatic rings. The van der Waals surface area contributed by atoms with E-state index in [1.165, 1.54) is 16.7 Å². The van der Waals surface area contributed by atoms with Gasteiger partial charge in [0.1, 0.15) is 16.1 Å². The highest BCUT2D eigenvalue weighted by Gasteiger charge is 2.29. The predicted molar refractivity (Wildman–Crippen MR) is 73.9 cm³/mol. The van der Waals surface area contributed by atoms with Crippen molar-refractivity contribution in [2.45, 2.75) is 45.3 Å². The molecule has 2 rings (SSSR count). The van der Waals surface area contributed by atoms with Gasteiger partial charge in [-0.2, -0.15) is 0 Å². The van der Waals surface area contributed by atoms with E-state index in [2.05, 4.69) is 29.5 Å². The summed E-state index contributed by atoms with van der Waals surface area (Å²) in [4.78, 5) is 0. The summed E-state index contributed by atoms with van der Waals surface area (Å²) in [5.74, 6) is 0. The Morgan fingerprint density at radius 1 is 1.24 bits per heavy atom. The number of benzene rings is 1. The molecule has 92 valence electrons. The molecule has 3 heteroatoms. The van der Waals surface area contributed by atoms with Gasteiger partial charge in [-0.3, -0.25) is 0 Å². The predicted octanol–water partition coefficient (Wildman–Crippen LogP) is 3.19. The Morgan fingerprint density at radius 3 is 2.59 bits per heavy atom. The Hall–Kier alpha value is -0.800. The van der Waals surface area contributed by atoms with Gasteiger partial charge in [-0.15, -0.1) is 0 Å². The zero-order chi connectivity index (χ0) is 12.6. The van der Waals surface area contributed by atoms with Crippen molar-refractivity contribution < 1.29 is 4.55 Å². The lowest BCUT2D eigenvalue weighted by molar-refractivity contribution is 0.561. The third kappa shape index (κ3) is 2.72. The lowest BCUT2D eigenvalue weighted by atomic mass is 10.1. The molecule has 17 heavy (non-hydrogen) atoms. The summed E-state index contributed by atoms with van der Waals surface area (Å²) in [6.45, 7) is 7.95. The minimum atomic E-state index is -1.15. The lowest BCUT2D eigenvalue weighted by Crippen LogP contribution is -2.26. The summed E-state index contributed by atoms with van der Waals surface area (Å²) in [6, 6.07) is 6.44. The summed E-state index contributed by atoms with van der Waals surface area (Å²) in [5, 5.41) is 0. The summed E-state index contributed by atoms with van der Waals surface area (Å²) in [7, 11) is 0. The third-order valence-electron chi connectivity index (χ3n) is 2.92. The largest absolute Gasteiger partial charge is 0.591 e. The van der Waals surface area contributed by atoms with Gasteiger partial charge in [0.05, 0.1) is 5.71 Å². The van der Waals surface area contributed by atoms with Crippen LogP contribution >= 0.6 is 0 Å². The second-order valence-electron chi connectivity index (χ2n) is 5.56. The molecular formula is C14H19NOS. The maximum atomic E-state index is 12.0. The Balaban J connectivity index is 2.33. The first-order chi connectivity index (χ1) is 7.88. The number of rotatable bonds is 1. The molecule has 0 fully saturated rings. The van der Waals surface area contributed by atoms with E-state index in [9.17, 15) is 4.55 Å². The second kappa shape index (κ2) is 4.46. The molecule has 0 aromatic heterocycles. The normalized spacial score (nSPS) is 19.5. The SMILES string of the molecule is Cc1ccc2c(c1)/C(=N/[S+]([O-])C(C)(C)C)CC2. The number of nitrogens with zero attached hydrogens (tertiary/aromatic N) is 1. The zero-order valence-electron chi connectivity index (χ0n) is 10.9. The Kier molecular flexibility index (Phi) is 3.32. The molecule has 0 saturated heterocycles. The van der Waals surface area contributed by atoms with Crippen molar-refractivity contribution in [2.75, 3.05) is 0 Å². The van der Waals surface area contributed by atoms with Crippen molar-refractivity contribution in [2.24, 2.45) is 4.40 Å². The molecule has 1 unspecified atom stereocenters. The Labute approximate surface area is 106 Å². The number of hydrogen-bond acceptors (Lipinski definition) is 2. The molecule has 1 aliphatic rings. The molecule has 0 saturated carbocycles. The van der Waals surface area contributed by atoms with Gasteiger partial charge in [0.25, 0.3) is 0 Å². The quantitative estimate of drug-likeness (QED) is 0.704. The van der Waals surface area contributed by atoms with Crippen molar-refractivity contribution in [3.63, 3.8) is 0 Å². The highest BCUT2D eigenvalue weighted by atomic mass is 32.2. The smallest absolute Gasteiger partial charge is 0.144 e. The molecule has 0 spiro atoms. The van der Waals surface area contributed by atoms with E-state index in [4.69, 9.17) is 0 Å². The molecule has 2 nitrogen and oxygen atoms in total. The van der Waals surface area contributed by atoms with Gasteiger partial charge < -0.3 is 4.55 Å². The van der Waals surface area contributed by atoms with Crippen molar-refractivity contribution >= 4 is 17.1 Å². The Morgan fingerprint density at radius 2 is 1.94 bits per heavy atom. The van der Waals surface area contributed by atoms with E-state index in [0.717, 1.165) is 18.6 Å². The first-order valence-corrected chi connectivity index (χ1v) is 7.08. The monoisotopic (exact) mass is 249 g/mol. The van der Waals surface area contributed by atoms with Gasteiger partial charge in [0.15, 0.2) is 0 Å². The van der Waals surface area contributed by atoms with Gasteiger partial charge in [0, 0.05) is 5.56 Å². The second-order valence-corrected chi connectivity index (χ2v) is 7.47. The van der Waals surface area contributed by atoms with E-state index in [-0.39, 0.29) is 4.75 Å². The van der Waals surface area contributed by atoms with Crippen molar-refractivity contribution in [1.82, 2.24) is 0 Å². The standard InChI is InChI=1S/C14H19NOS/c1-10-5-6-11-7-8-13(12(11)9-10)15-17(16)14(2,3)4/h5-6,9H,7-8H2,1-4H3/b15-13+. The van der Waals surface area contributed by atoms with E-state index < -0.39 is 11.4 Å².